The number of ether oxygens (including phenoxy) is 1. The highest BCUT2D eigenvalue weighted by atomic mass is 19.4. The fourth-order valence-corrected chi connectivity index (χ4v) is 3.96. The lowest BCUT2D eigenvalue weighted by Crippen LogP contribution is -2.53. The van der Waals surface area contributed by atoms with Crippen LogP contribution in [0, 0.1) is 11.3 Å². The van der Waals surface area contributed by atoms with Crippen molar-refractivity contribution in [3.63, 3.8) is 0 Å². The first-order valence-corrected chi connectivity index (χ1v) is 10.5. The van der Waals surface area contributed by atoms with Crippen LogP contribution in [0.25, 0.3) is 10.9 Å². The molecule has 1 aromatic carbocycles. The van der Waals surface area contributed by atoms with Crippen LogP contribution >= 0.6 is 0 Å². The van der Waals surface area contributed by atoms with Crippen molar-refractivity contribution in [2.45, 2.75) is 51.5 Å². The number of aromatic nitrogens is 1. The first kappa shape index (κ1) is 23.9. The lowest BCUT2D eigenvalue weighted by Gasteiger charge is -2.39. The minimum absolute atomic E-state index is 0.0652. The van der Waals surface area contributed by atoms with Gasteiger partial charge in [-0.15, -0.1) is 0 Å². The number of β-amino-alcohol motifs (C(OH)–C–C–N with tert-alkyl or cyclic N) is 1. The highest BCUT2D eigenvalue weighted by Crippen LogP contribution is 2.43. The molecule has 1 fully saturated rings. The quantitative estimate of drug-likeness (QED) is 0.475. The second kappa shape index (κ2) is 9.39. The number of benzene rings is 1. The third-order valence-corrected chi connectivity index (χ3v) is 5.72. The Morgan fingerprint density at radius 3 is 2.53 bits per heavy atom. The van der Waals surface area contributed by atoms with Gasteiger partial charge >= 0.3 is 6.18 Å². The number of H-pyrrole nitrogens is 1. The molecule has 0 amide bonds. The Kier molecular flexibility index (Phi) is 7.01. The zero-order chi connectivity index (χ0) is 23.5. The largest absolute Gasteiger partial charge is 0.495 e. The number of nitrogens with zero attached hydrogens (tertiary/aromatic N) is 2. The summed E-state index contributed by atoms with van der Waals surface area (Å²) in [6.07, 6.45) is 1.25. The van der Waals surface area contributed by atoms with Gasteiger partial charge < -0.3 is 14.8 Å². The summed E-state index contributed by atoms with van der Waals surface area (Å²) in [5.74, 6) is 0.770. The van der Waals surface area contributed by atoms with Gasteiger partial charge in [-0.05, 0) is 51.8 Å². The van der Waals surface area contributed by atoms with E-state index in [1.54, 1.807) is 4.90 Å². The van der Waals surface area contributed by atoms with E-state index in [1.165, 1.54) is 24.4 Å². The van der Waals surface area contributed by atoms with Gasteiger partial charge in [-0.25, -0.2) is 0 Å². The fourth-order valence-electron chi connectivity index (χ4n) is 3.96. The Hall–Kier alpha value is -2.76. The molecule has 1 aliphatic heterocycles. The molecule has 0 bridgehead atoms. The predicted molar refractivity (Wildman–Crippen MR) is 117 cm³/mol. The molecule has 1 unspecified atom stereocenters. The topological polar surface area (TPSA) is 72.3 Å². The lowest BCUT2D eigenvalue weighted by atomic mass is 9.90. The van der Waals surface area contributed by atoms with Crippen LogP contribution in [-0.4, -0.2) is 46.9 Å². The molecule has 1 atom stereocenters. The average molecular weight is 448 g/mol. The standard InChI is InChI=1S/C24H28F3N3O2/c1-16(2)4-5-17(3)32-19-8-10-30(11-9-19)15-23(31,24(25,26)27)21-14-29-22-12-18(13-28)6-7-20(21)22/h4-7,12,14,19,29,31H,8-11,15H2,1-3H3/b17-5+. The first-order chi connectivity index (χ1) is 15.0. The van der Waals surface area contributed by atoms with Crippen molar-refractivity contribution in [3.8, 4) is 6.07 Å². The van der Waals surface area contributed by atoms with Crippen LogP contribution in [0.5, 0.6) is 0 Å². The van der Waals surface area contributed by atoms with Crippen molar-refractivity contribution in [2.75, 3.05) is 19.6 Å². The van der Waals surface area contributed by atoms with Gasteiger partial charge in [-0.3, -0.25) is 4.90 Å². The summed E-state index contributed by atoms with van der Waals surface area (Å²) in [7, 11) is 0. The van der Waals surface area contributed by atoms with Crippen LogP contribution in [0.1, 0.15) is 44.7 Å². The molecule has 32 heavy (non-hydrogen) atoms. The molecule has 2 N–H and O–H groups in total. The summed E-state index contributed by atoms with van der Waals surface area (Å²) >= 11 is 0. The number of hydrogen-bond donors (Lipinski definition) is 2. The van der Waals surface area contributed by atoms with Crippen LogP contribution in [0.4, 0.5) is 13.2 Å². The van der Waals surface area contributed by atoms with Crippen LogP contribution in [0.2, 0.25) is 0 Å². The molecule has 3 rings (SSSR count). The Morgan fingerprint density at radius 1 is 1.25 bits per heavy atom. The van der Waals surface area contributed by atoms with E-state index in [2.05, 4.69) is 4.98 Å². The van der Waals surface area contributed by atoms with Gasteiger partial charge in [0.05, 0.1) is 17.4 Å². The van der Waals surface area contributed by atoms with E-state index in [0.29, 0.717) is 37.0 Å². The smallest absolute Gasteiger partial charge is 0.422 e. The third-order valence-electron chi connectivity index (χ3n) is 5.72. The van der Waals surface area contributed by atoms with E-state index in [1.807, 2.05) is 39.0 Å². The van der Waals surface area contributed by atoms with E-state index in [0.717, 1.165) is 11.3 Å². The second-order valence-electron chi connectivity index (χ2n) is 8.55. The van der Waals surface area contributed by atoms with Crippen LogP contribution in [0.15, 0.2) is 47.9 Å². The van der Waals surface area contributed by atoms with E-state index < -0.39 is 18.3 Å². The monoisotopic (exact) mass is 447 g/mol. The molecule has 2 heterocycles. The number of nitrogens with one attached hydrogen (secondary N) is 1. The summed E-state index contributed by atoms with van der Waals surface area (Å²) < 4.78 is 48.3. The molecular weight excluding hydrogens is 419 g/mol. The summed E-state index contributed by atoms with van der Waals surface area (Å²) in [4.78, 5) is 4.40. The highest BCUT2D eigenvalue weighted by molar-refractivity contribution is 5.85. The minimum atomic E-state index is -4.87. The lowest BCUT2D eigenvalue weighted by molar-refractivity contribution is -0.272. The van der Waals surface area contributed by atoms with Gasteiger partial charge in [0, 0.05) is 42.3 Å². The second-order valence-corrected chi connectivity index (χ2v) is 8.55. The Balaban J connectivity index is 1.75. The van der Waals surface area contributed by atoms with Crippen molar-refractivity contribution in [2.24, 2.45) is 0 Å². The van der Waals surface area contributed by atoms with Crippen molar-refractivity contribution in [1.29, 1.82) is 5.26 Å². The molecule has 0 aliphatic carbocycles. The van der Waals surface area contributed by atoms with Crippen LogP contribution in [-0.2, 0) is 10.3 Å². The van der Waals surface area contributed by atoms with Gasteiger partial charge in [-0.1, -0.05) is 17.7 Å². The van der Waals surface area contributed by atoms with Gasteiger partial charge in [0.1, 0.15) is 6.10 Å². The van der Waals surface area contributed by atoms with Crippen molar-refractivity contribution in [3.05, 3.63) is 59.0 Å². The molecule has 2 aromatic rings. The summed E-state index contributed by atoms with van der Waals surface area (Å²) in [5.41, 5.74) is -1.41. The van der Waals surface area contributed by atoms with Gasteiger partial charge in [0.15, 0.2) is 0 Å². The minimum Gasteiger partial charge on any atom is -0.495 e. The zero-order valence-corrected chi connectivity index (χ0v) is 18.5. The molecule has 1 aromatic heterocycles. The van der Waals surface area contributed by atoms with Crippen molar-refractivity contribution in [1.82, 2.24) is 9.88 Å². The van der Waals surface area contributed by atoms with E-state index >= 15 is 0 Å². The molecule has 172 valence electrons. The highest BCUT2D eigenvalue weighted by Gasteiger charge is 2.56. The summed E-state index contributed by atoms with van der Waals surface area (Å²) in [6.45, 7) is 6.05. The number of piperidine rings is 1. The Labute approximate surface area is 185 Å². The number of aromatic amines is 1. The number of halogens is 3. The summed E-state index contributed by atoms with van der Waals surface area (Å²) in [5, 5.41) is 20.2. The average Bonchev–Trinajstić information content (AvgIpc) is 3.16. The molecule has 1 saturated heterocycles. The zero-order valence-electron chi connectivity index (χ0n) is 18.5. The molecule has 0 spiro atoms. The number of alkyl halides is 3. The molecule has 1 aliphatic rings. The van der Waals surface area contributed by atoms with Gasteiger partial charge in [-0.2, -0.15) is 18.4 Å². The van der Waals surface area contributed by atoms with Crippen molar-refractivity contribution >= 4 is 10.9 Å². The van der Waals surface area contributed by atoms with Gasteiger partial charge in [0.25, 0.3) is 0 Å². The molecule has 8 heteroatoms. The molecule has 5 nitrogen and oxygen atoms in total. The number of aliphatic hydroxyl groups is 1. The number of likely N-dealkylation sites (tertiary alicyclic amines) is 1. The maximum atomic E-state index is 14.1. The number of rotatable bonds is 6. The SMILES string of the molecule is CC(C)=C/C=C(\C)OC1CCN(CC(O)(c2c[nH]c3cc(C#N)ccc23)C(F)(F)F)CC1. The number of hydrogen-bond acceptors (Lipinski definition) is 4. The Bertz CT molecular complexity index is 1050. The molecule has 0 saturated carbocycles. The molecular formula is C24H28F3N3O2. The Morgan fingerprint density at radius 2 is 1.94 bits per heavy atom. The number of nitriles is 1. The first-order valence-electron chi connectivity index (χ1n) is 10.5. The summed E-state index contributed by atoms with van der Waals surface area (Å²) in [6, 6.07) is 6.33. The number of fused-ring (bicyclic) bond motifs is 1. The van der Waals surface area contributed by atoms with E-state index in [9.17, 15) is 18.3 Å². The normalized spacial score (nSPS) is 18.2. The number of allylic oxidation sites excluding steroid dienone is 4. The fraction of sp³-hybridized carbons (Fsp3) is 0.458. The predicted octanol–water partition coefficient (Wildman–Crippen LogP) is 5.14. The van der Waals surface area contributed by atoms with E-state index in [-0.39, 0.29) is 17.1 Å². The van der Waals surface area contributed by atoms with Crippen molar-refractivity contribution < 1.29 is 23.0 Å². The van der Waals surface area contributed by atoms with Gasteiger partial charge in [0.2, 0.25) is 5.60 Å². The van der Waals surface area contributed by atoms with E-state index in [4.69, 9.17) is 10.00 Å². The maximum Gasteiger partial charge on any atom is 0.422 e. The molecule has 0 radical (unpaired) electrons. The van der Waals surface area contributed by atoms with Crippen LogP contribution in [0.3, 0.4) is 0 Å². The maximum absolute atomic E-state index is 14.1. The third kappa shape index (κ3) is 5.17. The van der Waals surface area contributed by atoms with Crippen LogP contribution < -0.4 is 0 Å².